The smallest absolute Gasteiger partial charge is 0.0953 e. The van der Waals surface area contributed by atoms with E-state index < -0.39 is 0 Å². The summed E-state index contributed by atoms with van der Waals surface area (Å²) in [5, 5.41) is 1.94. The van der Waals surface area contributed by atoms with E-state index in [0.29, 0.717) is 0 Å². The molecule has 4 aliphatic rings. The fourth-order valence-corrected chi connectivity index (χ4v) is 8.44. The van der Waals surface area contributed by atoms with Crippen LogP contribution in [0.2, 0.25) is 0 Å². The Labute approximate surface area is 341 Å². The predicted octanol–water partition coefficient (Wildman–Crippen LogP) is 9.65. The van der Waals surface area contributed by atoms with Crippen LogP contribution in [-0.4, -0.2) is 32.2 Å². The molecule has 7 aromatic rings. The van der Waals surface area contributed by atoms with Crippen LogP contribution in [0.3, 0.4) is 0 Å². The van der Waals surface area contributed by atoms with Gasteiger partial charge in [-0.2, -0.15) is 0 Å². The third-order valence-electron chi connectivity index (χ3n) is 11.0. The van der Waals surface area contributed by atoms with Crippen molar-refractivity contribution in [3.8, 4) is 0 Å². The molecule has 0 radical (unpaired) electrons. The zero-order valence-electron chi connectivity index (χ0n) is 31.9. The van der Waals surface area contributed by atoms with E-state index in [1.165, 1.54) is 0 Å². The molecule has 59 heavy (non-hydrogen) atoms. The van der Waals surface area contributed by atoms with Crippen LogP contribution in [0.5, 0.6) is 0 Å². The topological polar surface area (TPSA) is 73.6 Å². The maximum atomic E-state index is 5.55. The van der Waals surface area contributed by atoms with Gasteiger partial charge in [0.25, 0.3) is 0 Å². The molecule has 0 atom stereocenters. The second-order valence-corrected chi connectivity index (χ2v) is 14.6. The zero-order valence-corrected chi connectivity index (χ0v) is 31.9. The van der Waals surface area contributed by atoms with E-state index in [-0.39, 0.29) is 0 Å². The molecular weight excluding hydrogens is 721 g/mol. The normalized spacial score (nSPS) is 16.4. The van der Waals surface area contributed by atoms with Gasteiger partial charge in [0.15, 0.2) is 0 Å². The molecule has 0 spiro atoms. The van der Waals surface area contributed by atoms with Gasteiger partial charge in [0.1, 0.15) is 0 Å². The maximum Gasteiger partial charge on any atom is 0.0953 e. The minimum absolute atomic E-state index is 0.851. The van der Waals surface area contributed by atoms with Gasteiger partial charge >= 0.3 is 0 Å². The largest absolute Gasteiger partial charge is 0.354 e. The first kappa shape index (κ1) is 34.2. The Morgan fingerprint density at radius 2 is 0.949 bits per heavy atom. The lowest BCUT2D eigenvalue weighted by Gasteiger charge is -2.16. The molecule has 278 valence electrons. The number of nitrogens with zero attached hydrogens (tertiary/aromatic N) is 4. The minimum Gasteiger partial charge on any atom is -0.354 e. The average molecular weight is 757 g/mol. The van der Waals surface area contributed by atoms with Crippen LogP contribution in [0.4, 0.5) is 0 Å². The monoisotopic (exact) mass is 756 g/mol. The molecule has 0 saturated heterocycles. The molecule has 3 aromatic heterocycles. The Balaban J connectivity index is 1.32. The van der Waals surface area contributed by atoms with Crippen LogP contribution < -0.4 is 10.7 Å². The Kier molecular flexibility index (Phi) is 8.37. The summed E-state index contributed by atoms with van der Waals surface area (Å²) in [6, 6.07) is 52.9. The van der Waals surface area contributed by atoms with E-state index >= 15 is 0 Å². The number of rotatable bonds is 6. The van der Waals surface area contributed by atoms with Crippen molar-refractivity contribution in [2.75, 3.05) is 0 Å². The number of allylic oxidation sites excluding steroid dienone is 6. The van der Waals surface area contributed by atoms with Crippen molar-refractivity contribution in [2.45, 2.75) is 0 Å². The molecule has 4 aliphatic heterocycles. The quantitative estimate of drug-likeness (QED) is 0.170. The molecule has 0 saturated carbocycles. The molecule has 8 bridgehead atoms. The van der Waals surface area contributed by atoms with Gasteiger partial charge in [-0.15, -0.1) is 0 Å². The van der Waals surface area contributed by atoms with E-state index in [0.717, 1.165) is 106 Å². The molecule has 11 rings (SSSR count). The summed E-state index contributed by atoms with van der Waals surface area (Å²) in [7, 11) is 0. The number of aromatic nitrogens is 3. The first-order chi connectivity index (χ1) is 29.3. The van der Waals surface area contributed by atoms with Crippen molar-refractivity contribution in [1.29, 1.82) is 0 Å². The summed E-state index contributed by atoms with van der Waals surface area (Å²) < 4.78 is 2.14. The summed E-state index contributed by atoms with van der Waals surface area (Å²) in [6.45, 7) is 0. The van der Waals surface area contributed by atoms with Gasteiger partial charge in [-0.3, -0.25) is 4.99 Å². The Hall–Kier alpha value is -8.09. The average Bonchev–Trinajstić information content (AvgIpc) is 4.14. The number of nitrogens with one attached hydrogen (secondary N) is 2. The number of H-pyrrole nitrogens is 2. The Morgan fingerprint density at radius 3 is 1.46 bits per heavy atom. The number of hydrogen-bond acceptors (Lipinski definition) is 3. The number of benzene rings is 4. The summed E-state index contributed by atoms with van der Waals surface area (Å²) >= 11 is 0. The third-order valence-corrected chi connectivity index (χ3v) is 11.0. The molecule has 0 amide bonds. The highest BCUT2D eigenvalue weighted by Gasteiger charge is 2.28. The van der Waals surface area contributed by atoms with Gasteiger partial charge in [0, 0.05) is 62.9 Å². The molecule has 2 N–H and O–H groups in total. The summed E-state index contributed by atoms with van der Waals surface area (Å²) in [5.41, 5.74) is 16.3. The zero-order chi connectivity index (χ0) is 39.1. The summed E-state index contributed by atoms with van der Waals surface area (Å²) in [5.74, 6) is 0. The van der Waals surface area contributed by atoms with Crippen molar-refractivity contribution >= 4 is 45.6 Å². The van der Waals surface area contributed by atoms with Crippen LogP contribution in [0.15, 0.2) is 233 Å². The van der Waals surface area contributed by atoms with Crippen molar-refractivity contribution in [1.82, 2.24) is 14.5 Å². The highest BCUT2D eigenvalue weighted by Crippen LogP contribution is 2.41. The second kappa shape index (κ2) is 14.4. The highest BCUT2D eigenvalue weighted by molar-refractivity contribution is 6.31. The fraction of sp³-hybridized carbons (Fsp3) is 0. The number of hydrogen-bond donors (Lipinski definition) is 2. The molecular formula is C53H36N6. The molecule has 0 fully saturated rings. The standard InChI is InChI=1S/C53H36N6/c1-5-16-35(17-6-1)48-39-34-47(58-52(39)53(46-24-15-31-54-46)59-32-13-14-33-59)51(38-22-11-4-12-23-38)45-30-29-44(57-45)50(37-20-9-3-10-21-37)43-28-27-42(56-43)49(36-18-7-2-8-19-36)41-26-25-40(48)55-41/h1-34,56,58H/b48-40?,49-42?,50-43?,51-45?,53-46-. The van der Waals surface area contributed by atoms with E-state index in [1.807, 2.05) is 24.4 Å². The van der Waals surface area contributed by atoms with E-state index in [1.54, 1.807) is 0 Å². The lowest BCUT2D eigenvalue weighted by molar-refractivity contribution is 1.07. The lowest BCUT2D eigenvalue weighted by Crippen LogP contribution is -2.21. The van der Waals surface area contributed by atoms with Crippen LogP contribution in [-0.2, 0) is 0 Å². The van der Waals surface area contributed by atoms with Crippen LogP contribution in [0.1, 0.15) is 39.2 Å². The van der Waals surface area contributed by atoms with Gasteiger partial charge in [0.2, 0.25) is 0 Å². The van der Waals surface area contributed by atoms with Crippen molar-refractivity contribution in [2.24, 2.45) is 15.0 Å². The first-order valence-corrected chi connectivity index (χ1v) is 19.8. The summed E-state index contributed by atoms with van der Waals surface area (Å²) in [6.07, 6.45) is 18.6. The van der Waals surface area contributed by atoms with Crippen LogP contribution >= 0.6 is 0 Å². The highest BCUT2D eigenvalue weighted by atomic mass is 15.0. The second-order valence-electron chi connectivity index (χ2n) is 14.6. The first-order valence-electron chi connectivity index (χ1n) is 19.8. The van der Waals surface area contributed by atoms with Gasteiger partial charge in [-0.25, -0.2) is 9.98 Å². The van der Waals surface area contributed by atoms with E-state index in [2.05, 4.69) is 197 Å². The lowest BCUT2D eigenvalue weighted by atomic mass is 9.93. The van der Waals surface area contributed by atoms with Gasteiger partial charge in [-0.05, 0) is 89.0 Å². The third kappa shape index (κ3) is 6.11. The van der Waals surface area contributed by atoms with Crippen LogP contribution in [0.25, 0.3) is 28.0 Å². The van der Waals surface area contributed by atoms with E-state index in [9.17, 15) is 0 Å². The Bertz CT molecular complexity index is 3180. The van der Waals surface area contributed by atoms with Gasteiger partial charge < -0.3 is 14.5 Å². The summed E-state index contributed by atoms with van der Waals surface area (Å²) in [4.78, 5) is 23.7. The molecule has 7 heterocycles. The molecule has 0 unspecified atom stereocenters. The van der Waals surface area contributed by atoms with Crippen molar-refractivity contribution in [3.05, 3.63) is 268 Å². The maximum absolute atomic E-state index is 5.55. The number of aromatic amines is 2. The predicted molar refractivity (Wildman–Crippen MR) is 241 cm³/mol. The molecule has 6 nitrogen and oxygen atoms in total. The fourth-order valence-electron chi connectivity index (χ4n) is 8.44. The minimum atomic E-state index is 0.851. The molecule has 0 aliphatic carbocycles. The van der Waals surface area contributed by atoms with Crippen molar-refractivity contribution < 1.29 is 0 Å². The van der Waals surface area contributed by atoms with Gasteiger partial charge in [0.05, 0.1) is 39.9 Å². The van der Waals surface area contributed by atoms with Gasteiger partial charge in [-0.1, -0.05) is 121 Å². The number of aliphatic imine (C=N–C) groups is 3. The SMILES string of the molecule is C1=C/C(=C(\c2[nH]c3cc2C(c2ccccc2)=C2C=CC(=N2)C(c2ccccc2)=c2ccc([nH]2)=C(c2ccccc2)C2=NC(=C3c3ccccc3)C=C2)n2cccc2)N=C1. The van der Waals surface area contributed by atoms with Crippen LogP contribution in [0, 0.1) is 0 Å². The number of fused-ring (bicyclic) bond motifs is 6. The Morgan fingerprint density at radius 1 is 0.458 bits per heavy atom. The molecule has 6 heteroatoms. The molecule has 4 aromatic carbocycles. The van der Waals surface area contributed by atoms with Crippen molar-refractivity contribution in [3.63, 3.8) is 0 Å². The van der Waals surface area contributed by atoms with E-state index in [4.69, 9.17) is 15.0 Å².